The summed E-state index contributed by atoms with van der Waals surface area (Å²) in [6, 6.07) is 20.7. The summed E-state index contributed by atoms with van der Waals surface area (Å²) < 4.78 is 71.6. The average molecular weight is 589 g/mol. The van der Waals surface area contributed by atoms with E-state index in [2.05, 4.69) is 25.9 Å². The standard InChI is InChI=1S/C31H36F4N2O3Si/c1-20-17-37(18-21(2)40-20)29-22(16-25(26(32)27(29)33)28(36-38)30(34)35)19-39-41(31(3,4)5,23-12-8-6-9-13-23)24-14-10-7-11-15-24/h6-16,20-21,30,38H,17-19H2,1-5H3/b36-28-/t20-,21+. The Morgan fingerprint density at radius 1 is 0.976 bits per heavy atom. The number of nitrogens with zero attached hydrogens (tertiary/aromatic N) is 2. The molecule has 1 saturated heterocycles. The molecule has 1 fully saturated rings. The van der Waals surface area contributed by atoms with Gasteiger partial charge in [0.05, 0.1) is 24.5 Å². The third-order valence-corrected chi connectivity index (χ3v) is 12.4. The molecule has 5 nitrogen and oxygen atoms in total. The van der Waals surface area contributed by atoms with Crippen molar-refractivity contribution in [3.8, 4) is 0 Å². The highest BCUT2D eigenvalue weighted by Gasteiger charge is 2.50. The van der Waals surface area contributed by atoms with E-state index in [9.17, 15) is 14.0 Å². The van der Waals surface area contributed by atoms with E-state index in [1.54, 1.807) is 4.90 Å². The van der Waals surface area contributed by atoms with Crippen LogP contribution in [0.4, 0.5) is 23.2 Å². The molecule has 3 aromatic carbocycles. The Morgan fingerprint density at radius 2 is 1.49 bits per heavy atom. The van der Waals surface area contributed by atoms with Crippen molar-refractivity contribution in [2.45, 2.75) is 64.9 Å². The molecular formula is C31H36F4N2O3Si. The summed E-state index contributed by atoms with van der Waals surface area (Å²) in [6.45, 7) is 10.2. The number of ether oxygens (including phenoxy) is 1. The van der Waals surface area contributed by atoms with Crippen molar-refractivity contribution in [3.63, 3.8) is 0 Å². The van der Waals surface area contributed by atoms with Crippen molar-refractivity contribution < 1.29 is 31.9 Å². The number of halogens is 4. The Hall–Kier alpha value is -3.21. The van der Waals surface area contributed by atoms with Crippen LogP contribution in [0.3, 0.4) is 0 Å². The van der Waals surface area contributed by atoms with Crippen LogP contribution in [-0.4, -0.2) is 51.0 Å². The smallest absolute Gasteiger partial charge is 0.284 e. The molecule has 0 aromatic heterocycles. The predicted octanol–water partition coefficient (Wildman–Crippen LogP) is 6.10. The zero-order valence-electron chi connectivity index (χ0n) is 23.9. The highest BCUT2D eigenvalue weighted by molar-refractivity contribution is 6.99. The van der Waals surface area contributed by atoms with Crippen LogP contribution in [0.15, 0.2) is 71.9 Å². The minimum absolute atomic E-state index is 0.0715. The van der Waals surface area contributed by atoms with Gasteiger partial charge in [-0.2, -0.15) is 0 Å². The molecule has 41 heavy (non-hydrogen) atoms. The molecule has 1 aliphatic heterocycles. The van der Waals surface area contributed by atoms with E-state index in [0.717, 1.165) is 16.4 Å². The third kappa shape index (κ3) is 6.05. The first-order chi connectivity index (χ1) is 19.4. The quantitative estimate of drug-likeness (QED) is 0.114. The molecule has 4 rings (SSSR count). The monoisotopic (exact) mass is 588 g/mol. The van der Waals surface area contributed by atoms with Crippen molar-refractivity contribution >= 4 is 30.1 Å². The van der Waals surface area contributed by atoms with E-state index in [-0.39, 0.29) is 43.2 Å². The number of alkyl halides is 2. The Bertz CT molecular complexity index is 1320. The normalized spacial score (nSPS) is 18.7. The first-order valence-corrected chi connectivity index (χ1v) is 15.5. The van der Waals surface area contributed by atoms with Gasteiger partial charge in [-0.3, -0.25) is 0 Å². The van der Waals surface area contributed by atoms with Gasteiger partial charge in [-0.05, 0) is 35.3 Å². The lowest BCUT2D eigenvalue weighted by molar-refractivity contribution is -0.00553. The van der Waals surface area contributed by atoms with Crippen LogP contribution in [0, 0.1) is 11.6 Å². The first-order valence-electron chi connectivity index (χ1n) is 13.6. The van der Waals surface area contributed by atoms with Gasteiger partial charge in [-0.1, -0.05) is 86.6 Å². The summed E-state index contributed by atoms with van der Waals surface area (Å²) in [5, 5.41) is 13.4. The van der Waals surface area contributed by atoms with Gasteiger partial charge >= 0.3 is 0 Å². The molecule has 1 aliphatic rings. The van der Waals surface area contributed by atoms with Gasteiger partial charge in [0.2, 0.25) is 0 Å². The maximum absolute atomic E-state index is 15.9. The Kier molecular flexibility index (Phi) is 9.25. The maximum Gasteiger partial charge on any atom is 0.284 e. The zero-order valence-corrected chi connectivity index (χ0v) is 24.9. The number of anilines is 1. The number of hydrogen-bond donors (Lipinski definition) is 1. The number of morpholine rings is 1. The van der Waals surface area contributed by atoms with Gasteiger partial charge in [-0.25, -0.2) is 17.6 Å². The average Bonchev–Trinajstić information content (AvgIpc) is 2.91. The fraction of sp³-hybridized carbons (Fsp3) is 0.387. The van der Waals surface area contributed by atoms with Crippen LogP contribution in [-0.2, 0) is 15.8 Å². The second-order valence-corrected chi connectivity index (χ2v) is 15.8. The van der Waals surface area contributed by atoms with Gasteiger partial charge in [-0.15, -0.1) is 0 Å². The van der Waals surface area contributed by atoms with Crippen molar-refractivity contribution in [2.75, 3.05) is 18.0 Å². The molecule has 2 atom stereocenters. The molecule has 0 amide bonds. The highest BCUT2D eigenvalue weighted by atomic mass is 28.4. The second kappa shape index (κ2) is 12.3. The van der Waals surface area contributed by atoms with E-state index in [0.29, 0.717) is 0 Å². The summed E-state index contributed by atoms with van der Waals surface area (Å²) >= 11 is 0. The lowest BCUT2D eigenvalue weighted by Gasteiger charge is -2.43. The van der Waals surface area contributed by atoms with Gasteiger partial charge in [0.1, 0.15) is 0 Å². The topological polar surface area (TPSA) is 54.3 Å². The van der Waals surface area contributed by atoms with E-state index in [1.807, 2.05) is 74.5 Å². The number of benzene rings is 3. The Balaban J connectivity index is 1.93. The molecule has 0 radical (unpaired) electrons. The van der Waals surface area contributed by atoms with Gasteiger partial charge in [0.15, 0.2) is 17.3 Å². The zero-order chi connectivity index (χ0) is 29.9. The molecular weight excluding hydrogens is 552 g/mol. The van der Waals surface area contributed by atoms with Gasteiger partial charge in [0, 0.05) is 24.2 Å². The summed E-state index contributed by atoms with van der Waals surface area (Å²) in [7, 11) is -3.12. The van der Waals surface area contributed by atoms with Crippen LogP contribution in [0.5, 0.6) is 0 Å². The molecule has 1 N–H and O–H groups in total. The van der Waals surface area contributed by atoms with E-state index in [4.69, 9.17) is 9.16 Å². The molecule has 0 unspecified atom stereocenters. The van der Waals surface area contributed by atoms with Gasteiger partial charge in [0.25, 0.3) is 14.7 Å². The van der Waals surface area contributed by atoms with Crippen LogP contribution in [0.25, 0.3) is 0 Å². The molecule has 0 saturated carbocycles. The first kappa shape index (κ1) is 30.7. The van der Waals surface area contributed by atoms with Crippen LogP contribution >= 0.6 is 0 Å². The van der Waals surface area contributed by atoms with Crippen molar-refractivity contribution in [1.29, 1.82) is 0 Å². The second-order valence-electron chi connectivity index (χ2n) is 11.5. The summed E-state index contributed by atoms with van der Waals surface area (Å²) in [6.07, 6.45) is -3.88. The van der Waals surface area contributed by atoms with Crippen LogP contribution in [0.1, 0.15) is 45.7 Å². The minimum Gasteiger partial charge on any atom is -0.410 e. The van der Waals surface area contributed by atoms with Crippen molar-refractivity contribution in [3.05, 3.63) is 89.5 Å². The fourth-order valence-electron chi connectivity index (χ4n) is 5.83. The number of hydrogen-bond acceptors (Lipinski definition) is 5. The van der Waals surface area contributed by atoms with Gasteiger partial charge < -0.3 is 19.3 Å². The number of oxime groups is 1. The summed E-state index contributed by atoms with van der Waals surface area (Å²) in [5.74, 6) is -2.80. The van der Waals surface area contributed by atoms with E-state index < -0.39 is 42.7 Å². The summed E-state index contributed by atoms with van der Waals surface area (Å²) in [4.78, 5) is 1.67. The van der Waals surface area contributed by atoms with E-state index in [1.165, 1.54) is 0 Å². The molecule has 220 valence electrons. The third-order valence-electron chi connectivity index (χ3n) is 7.45. The summed E-state index contributed by atoms with van der Waals surface area (Å²) in [5.41, 5.74) is -1.95. The van der Waals surface area contributed by atoms with Crippen LogP contribution in [0.2, 0.25) is 5.04 Å². The molecule has 0 bridgehead atoms. The number of rotatable bonds is 8. The molecule has 1 heterocycles. The molecule has 3 aromatic rings. The Labute approximate surface area is 239 Å². The lowest BCUT2D eigenvalue weighted by atomic mass is 10.0. The minimum atomic E-state index is -3.33. The lowest BCUT2D eigenvalue weighted by Crippen LogP contribution is -2.66. The van der Waals surface area contributed by atoms with Crippen molar-refractivity contribution in [1.82, 2.24) is 0 Å². The maximum atomic E-state index is 15.9. The molecule has 0 spiro atoms. The molecule has 0 aliphatic carbocycles. The highest BCUT2D eigenvalue weighted by Crippen LogP contribution is 2.39. The fourth-order valence-corrected chi connectivity index (χ4v) is 10.4. The predicted molar refractivity (Wildman–Crippen MR) is 155 cm³/mol. The van der Waals surface area contributed by atoms with E-state index >= 15 is 8.78 Å². The van der Waals surface area contributed by atoms with Crippen LogP contribution < -0.4 is 15.3 Å². The SMILES string of the molecule is C[C@@H]1CN(c2c(CO[Si](c3ccccc3)(c3ccccc3)C(C)(C)C)cc(/C(=N/O)C(F)F)c(F)c2F)C[C@H](C)O1. The molecule has 10 heteroatoms. The largest absolute Gasteiger partial charge is 0.410 e. The Morgan fingerprint density at radius 3 is 1.93 bits per heavy atom. The van der Waals surface area contributed by atoms with Crippen molar-refractivity contribution in [2.24, 2.45) is 5.16 Å².